The molecule has 1 aliphatic carbocycles. The maximum absolute atomic E-state index is 11.6. The summed E-state index contributed by atoms with van der Waals surface area (Å²) < 4.78 is 5.28. The third-order valence-corrected chi connectivity index (χ3v) is 3.36. The smallest absolute Gasteiger partial charge is 0.339 e. The predicted octanol–water partition coefficient (Wildman–Crippen LogP) is 2.09. The molecule has 0 radical (unpaired) electrons. The summed E-state index contributed by atoms with van der Waals surface area (Å²) >= 11 is 0. The molecule has 5 heteroatoms. The van der Waals surface area contributed by atoms with Crippen molar-refractivity contribution in [3.8, 4) is 0 Å². The Bertz CT molecular complexity index is 460. The summed E-state index contributed by atoms with van der Waals surface area (Å²) in [6.45, 7) is 1.85. The summed E-state index contributed by atoms with van der Waals surface area (Å²) in [4.78, 5) is 22.4. The third kappa shape index (κ3) is 2.91. The second-order valence-corrected chi connectivity index (χ2v) is 4.77. The van der Waals surface area contributed by atoms with E-state index in [1.807, 2.05) is 0 Å². The first-order valence-electron chi connectivity index (χ1n) is 6.15. The number of amides is 1. The van der Waals surface area contributed by atoms with Gasteiger partial charge in [0.25, 0.3) is 0 Å². The van der Waals surface area contributed by atoms with E-state index in [1.54, 1.807) is 6.92 Å². The van der Waals surface area contributed by atoms with Gasteiger partial charge in [-0.05, 0) is 31.7 Å². The summed E-state index contributed by atoms with van der Waals surface area (Å²) in [5, 5.41) is 11.6. The monoisotopic (exact) mass is 251 g/mol. The number of furan rings is 1. The van der Waals surface area contributed by atoms with Crippen LogP contribution < -0.4 is 5.32 Å². The lowest BCUT2D eigenvalue weighted by atomic mass is 9.83. The molecule has 2 rings (SSSR count). The van der Waals surface area contributed by atoms with E-state index < -0.39 is 5.97 Å². The van der Waals surface area contributed by atoms with E-state index in [0.29, 0.717) is 23.9 Å². The zero-order valence-electron chi connectivity index (χ0n) is 10.4. The number of hydrogen-bond acceptors (Lipinski definition) is 3. The van der Waals surface area contributed by atoms with Gasteiger partial charge in [-0.3, -0.25) is 4.79 Å². The van der Waals surface area contributed by atoms with E-state index in [9.17, 15) is 9.59 Å². The molecule has 0 bridgehead atoms. The largest absolute Gasteiger partial charge is 0.478 e. The van der Waals surface area contributed by atoms with Gasteiger partial charge in [-0.2, -0.15) is 0 Å². The topological polar surface area (TPSA) is 79.5 Å². The van der Waals surface area contributed by atoms with Gasteiger partial charge >= 0.3 is 5.97 Å². The molecule has 1 aromatic rings. The average molecular weight is 251 g/mol. The van der Waals surface area contributed by atoms with Crippen LogP contribution >= 0.6 is 0 Å². The van der Waals surface area contributed by atoms with E-state index in [-0.39, 0.29) is 18.0 Å². The molecular weight excluding hydrogens is 234 g/mol. The first-order valence-corrected chi connectivity index (χ1v) is 6.15. The summed E-state index contributed by atoms with van der Waals surface area (Å²) in [6.07, 6.45) is 4.05. The number of aryl methyl sites for hydroxylation is 1. The van der Waals surface area contributed by atoms with Crippen LogP contribution in [-0.2, 0) is 11.3 Å². The van der Waals surface area contributed by atoms with E-state index >= 15 is 0 Å². The zero-order chi connectivity index (χ0) is 13.1. The van der Waals surface area contributed by atoms with Gasteiger partial charge in [0.05, 0.1) is 6.54 Å². The Morgan fingerprint density at radius 1 is 1.50 bits per heavy atom. The third-order valence-electron chi connectivity index (χ3n) is 3.36. The minimum atomic E-state index is -1.01. The molecular formula is C13H17NO4. The van der Waals surface area contributed by atoms with Crippen LogP contribution in [0, 0.1) is 12.8 Å². The highest BCUT2D eigenvalue weighted by Crippen LogP contribution is 2.29. The van der Waals surface area contributed by atoms with Crippen molar-refractivity contribution in [1.29, 1.82) is 0 Å². The second-order valence-electron chi connectivity index (χ2n) is 4.77. The molecule has 1 aliphatic rings. The van der Waals surface area contributed by atoms with Crippen LogP contribution in [0.1, 0.15) is 47.6 Å². The minimum absolute atomic E-state index is 0.00521. The van der Waals surface area contributed by atoms with Gasteiger partial charge < -0.3 is 14.8 Å². The number of aromatic carboxylic acids is 1. The van der Waals surface area contributed by atoms with Gasteiger partial charge in [-0.15, -0.1) is 0 Å². The Balaban J connectivity index is 1.83. The van der Waals surface area contributed by atoms with Crippen LogP contribution in [0.4, 0.5) is 0 Å². The number of nitrogens with one attached hydrogen (secondary N) is 1. The number of rotatable bonds is 5. The van der Waals surface area contributed by atoms with Crippen molar-refractivity contribution >= 4 is 11.9 Å². The van der Waals surface area contributed by atoms with Crippen molar-refractivity contribution in [1.82, 2.24) is 5.32 Å². The van der Waals surface area contributed by atoms with E-state index in [0.717, 1.165) is 12.8 Å². The zero-order valence-corrected chi connectivity index (χ0v) is 10.4. The summed E-state index contributed by atoms with van der Waals surface area (Å²) in [7, 11) is 0. The average Bonchev–Trinajstić information content (AvgIpc) is 2.62. The molecule has 1 aromatic heterocycles. The van der Waals surface area contributed by atoms with Crippen molar-refractivity contribution in [3.05, 3.63) is 23.2 Å². The van der Waals surface area contributed by atoms with Crippen LogP contribution in [0.2, 0.25) is 0 Å². The fourth-order valence-electron chi connectivity index (χ4n) is 2.06. The lowest BCUT2D eigenvalue weighted by Crippen LogP contribution is -2.27. The SMILES string of the molecule is Cc1oc(CNC(=O)CC2CCC2)cc1C(=O)O. The number of hydrogen-bond donors (Lipinski definition) is 2. The van der Waals surface area contributed by atoms with Crippen LogP contribution in [0.3, 0.4) is 0 Å². The van der Waals surface area contributed by atoms with Gasteiger partial charge in [0, 0.05) is 6.42 Å². The fourth-order valence-corrected chi connectivity index (χ4v) is 2.06. The molecule has 1 amide bonds. The number of carbonyl (C=O) groups excluding carboxylic acids is 1. The van der Waals surface area contributed by atoms with Crippen LogP contribution in [0.5, 0.6) is 0 Å². The first kappa shape index (κ1) is 12.7. The first-order chi connectivity index (χ1) is 8.56. The quantitative estimate of drug-likeness (QED) is 0.839. The second kappa shape index (κ2) is 5.25. The van der Waals surface area contributed by atoms with Gasteiger partial charge in [0.15, 0.2) is 0 Å². The molecule has 0 aromatic carbocycles. The summed E-state index contributed by atoms with van der Waals surface area (Å²) in [6, 6.07) is 1.46. The van der Waals surface area contributed by atoms with E-state index in [1.165, 1.54) is 12.5 Å². The van der Waals surface area contributed by atoms with Crippen molar-refractivity contribution in [2.24, 2.45) is 5.92 Å². The van der Waals surface area contributed by atoms with Crippen LogP contribution in [-0.4, -0.2) is 17.0 Å². The van der Waals surface area contributed by atoms with Crippen molar-refractivity contribution in [3.63, 3.8) is 0 Å². The maximum atomic E-state index is 11.6. The molecule has 1 heterocycles. The molecule has 18 heavy (non-hydrogen) atoms. The van der Waals surface area contributed by atoms with E-state index in [2.05, 4.69) is 5.32 Å². The summed E-state index contributed by atoms with van der Waals surface area (Å²) in [5.74, 6) is 0.365. The lowest BCUT2D eigenvalue weighted by Gasteiger charge is -2.24. The van der Waals surface area contributed by atoms with Crippen LogP contribution in [0.15, 0.2) is 10.5 Å². The minimum Gasteiger partial charge on any atom is -0.478 e. The molecule has 0 spiro atoms. The van der Waals surface area contributed by atoms with Crippen LogP contribution in [0.25, 0.3) is 0 Å². The molecule has 1 fully saturated rings. The number of carbonyl (C=O) groups is 2. The van der Waals surface area contributed by atoms with Gasteiger partial charge in [-0.1, -0.05) is 6.42 Å². The molecule has 0 unspecified atom stereocenters. The number of carboxylic acid groups (broad SMARTS) is 1. The Hall–Kier alpha value is -1.78. The summed E-state index contributed by atoms with van der Waals surface area (Å²) in [5.41, 5.74) is 0.151. The lowest BCUT2D eigenvalue weighted by molar-refractivity contribution is -0.122. The standard InChI is InChI=1S/C13H17NO4/c1-8-11(13(16)17)6-10(18-8)7-14-12(15)5-9-3-2-4-9/h6,9H,2-5,7H2,1H3,(H,14,15)(H,16,17). The molecule has 98 valence electrons. The van der Waals surface area contributed by atoms with Crippen molar-refractivity contribution in [2.75, 3.05) is 0 Å². The Labute approximate surface area is 105 Å². The Kier molecular flexibility index (Phi) is 3.69. The fraction of sp³-hybridized carbons (Fsp3) is 0.538. The highest BCUT2D eigenvalue weighted by Gasteiger charge is 2.20. The van der Waals surface area contributed by atoms with Gasteiger partial charge in [0.2, 0.25) is 5.91 Å². The van der Waals surface area contributed by atoms with E-state index in [4.69, 9.17) is 9.52 Å². The van der Waals surface area contributed by atoms with Crippen molar-refractivity contribution in [2.45, 2.75) is 39.2 Å². The number of carboxylic acids is 1. The predicted molar refractivity (Wildman–Crippen MR) is 64.2 cm³/mol. The maximum Gasteiger partial charge on any atom is 0.339 e. The Morgan fingerprint density at radius 2 is 2.22 bits per heavy atom. The molecule has 0 saturated heterocycles. The van der Waals surface area contributed by atoms with Gasteiger partial charge in [0.1, 0.15) is 17.1 Å². The highest BCUT2D eigenvalue weighted by molar-refractivity contribution is 5.88. The highest BCUT2D eigenvalue weighted by atomic mass is 16.4. The molecule has 5 nitrogen and oxygen atoms in total. The normalized spacial score (nSPS) is 15.2. The van der Waals surface area contributed by atoms with Gasteiger partial charge in [-0.25, -0.2) is 4.79 Å². The molecule has 1 saturated carbocycles. The molecule has 0 aliphatic heterocycles. The van der Waals surface area contributed by atoms with Crippen molar-refractivity contribution < 1.29 is 19.1 Å². The molecule has 2 N–H and O–H groups in total. The molecule has 0 atom stereocenters. The Morgan fingerprint density at radius 3 is 2.72 bits per heavy atom.